The molecule has 0 saturated carbocycles. The van der Waals surface area contributed by atoms with Crippen LogP contribution in [0.25, 0.3) is 0 Å². The molecule has 1 aliphatic heterocycles. The number of aromatic nitrogens is 2. The van der Waals surface area contributed by atoms with Gasteiger partial charge in [-0.05, 0) is 25.1 Å². The predicted molar refractivity (Wildman–Crippen MR) is 78.9 cm³/mol. The van der Waals surface area contributed by atoms with Gasteiger partial charge in [0.25, 0.3) is 0 Å². The number of rotatable bonds is 5. The van der Waals surface area contributed by atoms with Crippen molar-refractivity contribution in [3.63, 3.8) is 0 Å². The highest BCUT2D eigenvalue weighted by molar-refractivity contribution is 5.40. The number of hydrogen-bond donors (Lipinski definition) is 1. The minimum absolute atomic E-state index is 0.216. The van der Waals surface area contributed by atoms with E-state index in [1.165, 1.54) is 11.1 Å². The Labute approximate surface area is 119 Å². The maximum absolute atomic E-state index is 5.99. The second kappa shape index (κ2) is 5.67. The third kappa shape index (κ3) is 2.85. The van der Waals surface area contributed by atoms with E-state index in [1.54, 1.807) is 0 Å². The molecule has 0 saturated heterocycles. The number of nitrogens with one attached hydrogen (secondary N) is 1. The van der Waals surface area contributed by atoms with Crippen molar-refractivity contribution < 1.29 is 4.74 Å². The molecule has 0 aliphatic carbocycles. The van der Waals surface area contributed by atoms with E-state index < -0.39 is 0 Å². The summed E-state index contributed by atoms with van der Waals surface area (Å²) in [7, 11) is 0. The third-order valence-corrected chi connectivity index (χ3v) is 3.61. The van der Waals surface area contributed by atoms with Gasteiger partial charge < -0.3 is 14.6 Å². The molecule has 1 aliphatic rings. The van der Waals surface area contributed by atoms with Crippen molar-refractivity contribution in [2.24, 2.45) is 0 Å². The summed E-state index contributed by atoms with van der Waals surface area (Å²) in [5.74, 6) is 1.04. The van der Waals surface area contributed by atoms with Crippen LogP contribution in [0.4, 0.5) is 0 Å². The number of hydrogen-bond acceptors (Lipinski definition) is 3. The zero-order valence-corrected chi connectivity index (χ0v) is 12.1. The molecular formula is C16H21N3O. The van der Waals surface area contributed by atoms with Crippen LogP contribution in [0.2, 0.25) is 0 Å². The highest BCUT2D eigenvalue weighted by atomic mass is 16.5. The molecule has 3 rings (SSSR count). The lowest BCUT2D eigenvalue weighted by molar-refractivity contribution is 0.209. The average molecular weight is 271 g/mol. The second-order valence-corrected chi connectivity index (χ2v) is 5.40. The molecule has 2 aromatic rings. The van der Waals surface area contributed by atoms with Gasteiger partial charge in [-0.3, -0.25) is 0 Å². The summed E-state index contributed by atoms with van der Waals surface area (Å²) >= 11 is 0. The van der Waals surface area contributed by atoms with Crippen molar-refractivity contribution in [3.05, 3.63) is 47.5 Å². The minimum Gasteiger partial charge on any atom is -0.488 e. The fourth-order valence-corrected chi connectivity index (χ4v) is 2.64. The molecule has 2 heterocycles. The molecule has 4 heteroatoms. The van der Waals surface area contributed by atoms with Crippen molar-refractivity contribution in [1.82, 2.24) is 14.9 Å². The predicted octanol–water partition coefficient (Wildman–Crippen LogP) is 2.30. The van der Waals surface area contributed by atoms with Crippen molar-refractivity contribution in [2.75, 3.05) is 6.54 Å². The van der Waals surface area contributed by atoms with Gasteiger partial charge in [0.1, 0.15) is 11.9 Å². The Morgan fingerprint density at radius 1 is 1.45 bits per heavy atom. The van der Waals surface area contributed by atoms with Crippen LogP contribution in [0.1, 0.15) is 23.7 Å². The number of ether oxygens (including phenoxy) is 1. The average Bonchev–Trinajstić information content (AvgIpc) is 3.02. The van der Waals surface area contributed by atoms with E-state index in [9.17, 15) is 0 Å². The highest BCUT2D eigenvalue weighted by Crippen LogP contribution is 2.30. The monoisotopic (exact) mass is 271 g/mol. The van der Waals surface area contributed by atoms with E-state index in [4.69, 9.17) is 4.74 Å². The smallest absolute Gasteiger partial charge is 0.123 e. The van der Waals surface area contributed by atoms with Gasteiger partial charge in [0.05, 0.1) is 18.6 Å². The number of benzene rings is 1. The van der Waals surface area contributed by atoms with E-state index in [-0.39, 0.29) is 6.10 Å². The van der Waals surface area contributed by atoms with Gasteiger partial charge in [-0.15, -0.1) is 0 Å². The molecule has 1 N–H and O–H groups in total. The van der Waals surface area contributed by atoms with E-state index in [0.717, 1.165) is 37.5 Å². The molecule has 1 aromatic heterocycles. The first kappa shape index (κ1) is 13.2. The first-order valence-corrected chi connectivity index (χ1v) is 7.22. The molecule has 20 heavy (non-hydrogen) atoms. The Morgan fingerprint density at radius 3 is 3.20 bits per heavy atom. The third-order valence-electron chi connectivity index (χ3n) is 3.61. The van der Waals surface area contributed by atoms with Gasteiger partial charge in [0.2, 0.25) is 0 Å². The fraction of sp³-hybridized carbons (Fsp3) is 0.438. The molecule has 0 fully saturated rings. The second-order valence-electron chi connectivity index (χ2n) is 5.40. The molecule has 1 atom stereocenters. The largest absolute Gasteiger partial charge is 0.488 e. The van der Waals surface area contributed by atoms with Crippen molar-refractivity contribution in [3.8, 4) is 5.75 Å². The zero-order chi connectivity index (χ0) is 13.9. The molecule has 106 valence electrons. The molecule has 0 spiro atoms. The fourth-order valence-electron chi connectivity index (χ4n) is 2.64. The molecule has 1 unspecified atom stereocenters. The lowest BCUT2D eigenvalue weighted by Gasteiger charge is -2.10. The first-order valence-electron chi connectivity index (χ1n) is 7.22. The summed E-state index contributed by atoms with van der Waals surface area (Å²) in [5.41, 5.74) is 3.70. The lowest BCUT2D eigenvalue weighted by atomic mass is 10.1. The van der Waals surface area contributed by atoms with Crippen LogP contribution in [-0.2, 0) is 19.5 Å². The Morgan fingerprint density at radius 2 is 2.35 bits per heavy atom. The summed E-state index contributed by atoms with van der Waals surface area (Å²) < 4.78 is 8.11. The van der Waals surface area contributed by atoms with Gasteiger partial charge in [0.15, 0.2) is 0 Å². The molecule has 1 aromatic carbocycles. The topological polar surface area (TPSA) is 39.1 Å². The van der Waals surface area contributed by atoms with Crippen molar-refractivity contribution >= 4 is 0 Å². The Balaban J connectivity index is 1.61. The van der Waals surface area contributed by atoms with Crippen LogP contribution >= 0.6 is 0 Å². The maximum Gasteiger partial charge on any atom is 0.123 e. The standard InChI is InChI=1S/C16H21N3O/c1-3-17-8-14-9-19(11-18-14)10-15-7-13-6-12(2)4-5-16(13)20-15/h4-6,9,11,15,17H,3,7-8,10H2,1-2H3. The van der Waals surface area contributed by atoms with Gasteiger partial charge in [0, 0.05) is 19.2 Å². The van der Waals surface area contributed by atoms with Crippen LogP contribution < -0.4 is 10.1 Å². The Bertz CT molecular complexity index is 591. The normalized spacial score (nSPS) is 17.0. The van der Waals surface area contributed by atoms with Crippen LogP contribution in [-0.4, -0.2) is 22.2 Å². The lowest BCUT2D eigenvalue weighted by Crippen LogP contribution is -2.20. The van der Waals surface area contributed by atoms with Gasteiger partial charge in [-0.1, -0.05) is 24.6 Å². The number of aryl methyl sites for hydroxylation is 1. The van der Waals surface area contributed by atoms with Crippen LogP contribution in [0.3, 0.4) is 0 Å². The van der Waals surface area contributed by atoms with E-state index in [0.29, 0.717) is 0 Å². The number of fused-ring (bicyclic) bond motifs is 1. The molecule has 0 radical (unpaired) electrons. The van der Waals surface area contributed by atoms with Gasteiger partial charge in [-0.25, -0.2) is 4.98 Å². The quantitative estimate of drug-likeness (QED) is 0.907. The Kier molecular flexibility index (Phi) is 3.74. The molecular weight excluding hydrogens is 250 g/mol. The molecule has 4 nitrogen and oxygen atoms in total. The first-order chi connectivity index (χ1) is 9.74. The van der Waals surface area contributed by atoms with Crippen LogP contribution in [0.15, 0.2) is 30.7 Å². The van der Waals surface area contributed by atoms with Crippen LogP contribution in [0.5, 0.6) is 5.75 Å². The minimum atomic E-state index is 0.216. The summed E-state index contributed by atoms with van der Waals surface area (Å²) in [6, 6.07) is 6.40. The number of nitrogens with zero attached hydrogens (tertiary/aromatic N) is 2. The summed E-state index contributed by atoms with van der Waals surface area (Å²) in [6.07, 6.45) is 5.19. The summed E-state index contributed by atoms with van der Waals surface area (Å²) in [4.78, 5) is 4.40. The summed E-state index contributed by atoms with van der Waals surface area (Å²) in [6.45, 7) is 6.87. The van der Waals surface area contributed by atoms with Crippen molar-refractivity contribution in [2.45, 2.75) is 39.5 Å². The zero-order valence-electron chi connectivity index (χ0n) is 12.1. The molecule has 0 bridgehead atoms. The molecule has 0 amide bonds. The van der Waals surface area contributed by atoms with E-state index in [1.807, 2.05) is 6.33 Å². The van der Waals surface area contributed by atoms with Crippen molar-refractivity contribution in [1.29, 1.82) is 0 Å². The van der Waals surface area contributed by atoms with Gasteiger partial charge in [-0.2, -0.15) is 0 Å². The summed E-state index contributed by atoms with van der Waals surface area (Å²) in [5, 5.41) is 3.28. The highest BCUT2D eigenvalue weighted by Gasteiger charge is 2.23. The van der Waals surface area contributed by atoms with E-state index in [2.05, 4.69) is 53.1 Å². The SMILES string of the molecule is CCNCc1cn(CC2Cc3cc(C)ccc3O2)cn1. The Hall–Kier alpha value is -1.81. The van der Waals surface area contributed by atoms with Crippen LogP contribution in [0, 0.1) is 6.92 Å². The number of imidazole rings is 1. The van der Waals surface area contributed by atoms with Gasteiger partial charge >= 0.3 is 0 Å². The van der Waals surface area contributed by atoms with E-state index >= 15 is 0 Å². The maximum atomic E-state index is 5.99.